The lowest BCUT2D eigenvalue weighted by atomic mass is 10.1. The number of hydrogen-bond donors (Lipinski definition) is 1. The van der Waals surface area contributed by atoms with Crippen LogP contribution in [-0.2, 0) is 7.05 Å². The number of nitrogens with zero attached hydrogens (tertiary/aromatic N) is 3. The molecule has 0 aliphatic heterocycles. The highest BCUT2D eigenvalue weighted by atomic mass is 16.5. The Kier molecular flexibility index (Phi) is 4.48. The van der Waals surface area contributed by atoms with E-state index in [9.17, 15) is 4.79 Å². The molecule has 2 aromatic carbocycles. The summed E-state index contributed by atoms with van der Waals surface area (Å²) in [4.78, 5) is 16.7. The number of benzene rings is 2. The largest absolute Gasteiger partial charge is 0.497 e. The fourth-order valence-electron chi connectivity index (χ4n) is 2.50. The number of methoxy groups -OCH3 is 1. The predicted octanol–water partition coefficient (Wildman–Crippen LogP) is 3.22. The Morgan fingerprint density at radius 3 is 2.60 bits per heavy atom. The minimum atomic E-state index is -0.368. The summed E-state index contributed by atoms with van der Waals surface area (Å²) in [5, 5.41) is 11.9. The van der Waals surface area contributed by atoms with Gasteiger partial charge in [0, 0.05) is 12.6 Å². The van der Waals surface area contributed by atoms with E-state index in [1.165, 1.54) is 0 Å². The maximum atomic E-state index is 12.4. The third-order valence-corrected chi connectivity index (χ3v) is 3.89. The van der Waals surface area contributed by atoms with E-state index in [0.717, 1.165) is 17.0 Å². The molecule has 0 bridgehead atoms. The number of amides is 1. The lowest BCUT2D eigenvalue weighted by Gasteiger charge is -2.09. The van der Waals surface area contributed by atoms with Gasteiger partial charge in [0.15, 0.2) is 0 Å². The molecule has 1 amide bonds. The minimum Gasteiger partial charge on any atom is -0.497 e. The van der Waals surface area contributed by atoms with Crippen molar-refractivity contribution in [2.45, 2.75) is 0 Å². The molecular formula is C19H16N4O2. The van der Waals surface area contributed by atoms with Gasteiger partial charge in [-0.25, -0.2) is 4.98 Å². The van der Waals surface area contributed by atoms with Gasteiger partial charge in [0.25, 0.3) is 5.91 Å². The third-order valence-electron chi connectivity index (χ3n) is 3.89. The molecule has 124 valence electrons. The molecule has 1 N–H and O–H groups in total. The second-order valence-electron chi connectivity index (χ2n) is 5.37. The van der Waals surface area contributed by atoms with E-state index in [4.69, 9.17) is 10.00 Å². The zero-order valence-electron chi connectivity index (χ0n) is 13.9. The van der Waals surface area contributed by atoms with Gasteiger partial charge in [-0.05, 0) is 36.4 Å². The van der Waals surface area contributed by atoms with Crippen LogP contribution in [0.5, 0.6) is 5.75 Å². The van der Waals surface area contributed by atoms with Gasteiger partial charge in [-0.1, -0.05) is 12.1 Å². The van der Waals surface area contributed by atoms with Crippen LogP contribution in [0.3, 0.4) is 0 Å². The lowest BCUT2D eigenvalue weighted by Crippen LogP contribution is -2.16. The van der Waals surface area contributed by atoms with Crippen LogP contribution in [0.25, 0.3) is 11.3 Å². The van der Waals surface area contributed by atoms with E-state index in [2.05, 4.69) is 10.3 Å². The number of rotatable bonds is 4. The van der Waals surface area contributed by atoms with Crippen LogP contribution in [0.4, 0.5) is 5.95 Å². The summed E-state index contributed by atoms with van der Waals surface area (Å²) in [6.45, 7) is 0. The number of nitriles is 1. The molecule has 0 spiro atoms. The minimum absolute atomic E-state index is 0.319. The van der Waals surface area contributed by atoms with E-state index in [-0.39, 0.29) is 5.91 Å². The van der Waals surface area contributed by atoms with Crippen LogP contribution in [0.2, 0.25) is 0 Å². The molecule has 0 atom stereocenters. The van der Waals surface area contributed by atoms with Crippen LogP contribution in [0.15, 0.2) is 54.7 Å². The van der Waals surface area contributed by atoms with Gasteiger partial charge in [-0.3, -0.25) is 10.1 Å². The van der Waals surface area contributed by atoms with Gasteiger partial charge >= 0.3 is 0 Å². The maximum absolute atomic E-state index is 12.4. The number of aromatic nitrogens is 2. The van der Waals surface area contributed by atoms with Crippen LogP contribution < -0.4 is 10.1 Å². The van der Waals surface area contributed by atoms with E-state index in [1.54, 1.807) is 42.1 Å². The normalized spacial score (nSPS) is 10.1. The number of carbonyl (C=O) groups is 1. The van der Waals surface area contributed by atoms with Crippen LogP contribution in [0.1, 0.15) is 15.9 Å². The quantitative estimate of drug-likeness (QED) is 0.795. The molecule has 0 aliphatic carbocycles. The molecule has 6 nitrogen and oxygen atoms in total. The fraction of sp³-hybridized carbons (Fsp3) is 0.105. The number of hydrogen-bond acceptors (Lipinski definition) is 4. The van der Waals surface area contributed by atoms with Crippen molar-refractivity contribution in [2.75, 3.05) is 12.4 Å². The molecule has 1 aromatic heterocycles. The smallest absolute Gasteiger partial charge is 0.259 e. The second kappa shape index (κ2) is 6.89. The zero-order valence-corrected chi connectivity index (χ0v) is 13.9. The highest BCUT2D eigenvalue weighted by Gasteiger charge is 2.15. The van der Waals surface area contributed by atoms with Gasteiger partial charge in [0.1, 0.15) is 5.75 Å². The summed E-state index contributed by atoms with van der Waals surface area (Å²) in [6, 6.07) is 16.3. The number of anilines is 1. The number of imidazole rings is 1. The van der Waals surface area contributed by atoms with Gasteiger partial charge in [0.05, 0.1) is 36.2 Å². The molecule has 0 aliphatic rings. The molecule has 0 unspecified atom stereocenters. The fourth-order valence-corrected chi connectivity index (χ4v) is 2.50. The molecule has 0 saturated heterocycles. The van der Waals surface area contributed by atoms with E-state index in [1.807, 2.05) is 37.4 Å². The highest BCUT2D eigenvalue weighted by molar-refractivity contribution is 6.05. The standard InChI is InChI=1S/C19H16N4O2/c1-23-17(13-7-9-15(25-2)10-8-13)12-21-19(23)22-18(24)16-6-4-3-5-14(16)11-20/h3-10,12H,1-2H3,(H,21,22,24). The molecule has 3 rings (SSSR count). The molecule has 6 heteroatoms. The Bertz CT molecular complexity index is 952. The van der Waals surface area contributed by atoms with Crippen molar-refractivity contribution in [3.05, 3.63) is 65.9 Å². The van der Waals surface area contributed by atoms with Crippen molar-refractivity contribution in [2.24, 2.45) is 7.05 Å². The van der Waals surface area contributed by atoms with Crippen molar-refractivity contribution in [3.8, 4) is 23.1 Å². The van der Waals surface area contributed by atoms with Crippen molar-refractivity contribution in [3.63, 3.8) is 0 Å². The number of ether oxygens (including phenoxy) is 1. The van der Waals surface area contributed by atoms with Crippen LogP contribution >= 0.6 is 0 Å². The molecule has 0 fully saturated rings. The molecule has 1 heterocycles. The van der Waals surface area contributed by atoms with Gasteiger partial charge in [-0.2, -0.15) is 5.26 Å². The third kappa shape index (κ3) is 3.21. The molecule has 0 radical (unpaired) electrons. The molecule has 3 aromatic rings. The number of carbonyl (C=O) groups excluding carboxylic acids is 1. The summed E-state index contributed by atoms with van der Waals surface area (Å²) in [5.74, 6) is 0.809. The van der Waals surface area contributed by atoms with Crippen molar-refractivity contribution < 1.29 is 9.53 Å². The van der Waals surface area contributed by atoms with E-state index < -0.39 is 0 Å². The summed E-state index contributed by atoms with van der Waals surface area (Å²) < 4.78 is 6.94. The Hall–Kier alpha value is -3.59. The Balaban J connectivity index is 1.86. The van der Waals surface area contributed by atoms with Gasteiger partial charge in [-0.15, -0.1) is 0 Å². The molecule has 0 saturated carbocycles. The number of nitrogens with one attached hydrogen (secondary N) is 1. The zero-order chi connectivity index (χ0) is 17.8. The summed E-state index contributed by atoms with van der Waals surface area (Å²) in [7, 11) is 3.43. The Morgan fingerprint density at radius 2 is 1.92 bits per heavy atom. The van der Waals surface area contributed by atoms with E-state index in [0.29, 0.717) is 17.1 Å². The first-order chi connectivity index (χ1) is 12.1. The maximum Gasteiger partial charge on any atom is 0.259 e. The van der Waals surface area contributed by atoms with E-state index >= 15 is 0 Å². The molecule has 25 heavy (non-hydrogen) atoms. The van der Waals surface area contributed by atoms with Gasteiger partial charge < -0.3 is 9.30 Å². The Labute approximate surface area is 145 Å². The van der Waals surface area contributed by atoms with Crippen molar-refractivity contribution >= 4 is 11.9 Å². The van der Waals surface area contributed by atoms with Crippen molar-refractivity contribution in [1.82, 2.24) is 9.55 Å². The summed E-state index contributed by atoms with van der Waals surface area (Å²) in [5.41, 5.74) is 2.45. The summed E-state index contributed by atoms with van der Waals surface area (Å²) >= 11 is 0. The second-order valence-corrected chi connectivity index (χ2v) is 5.37. The summed E-state index contributed by atoms with van der Waals surface area (Å²) in [6.07, 6.45) is 1.69. The SMILES string of the molecule is COc1ccc(-c2cnc(NC(=O)c3ccccc3C#N)n2C)cc1. The van der Waals surface area contributed by atoms with Crippen LogP contribution in [-0.4, -0.2) is 22.6 Å². The molecular weight excluding hydrogens is 316 g/mol. The predicted molar refractivity (Wildman–Crippen MR) is 94.3 cm³/mol. The Morgan fingerprint density at radius 1 is 1.20 bits per heavy atom. The average Bonchev–Trinajstić information content (AvgIpc) is 3.02. The lowest BCUT2D eigenvalue weighted by molar-refractivity contribution is 0.102. The van der Waals surface area contributed by atoms with Crippen molar-refractivity contribution in [1.29, 1.82) is 5.26 Å². The highest BCUT2D eigenvalue weighted by Crippen LogP contribution is 2.24. The first kappa shape index (κ1) is 16.3. The van der Waals surface area contributed by atoms with Gasteiger partial charge in [0.2, 0.25) is 5.95 Å². The van der Waals surface area contributed by atoms with Crippen LogP contribution in [0, 0.1) is 11.3 Å². The first-order valence-corrected chi connectivity index (χ1v) is 7.60. The average molecular weight is 332 g/mol. The monoisotopic (exact) mass is 332 g/mol. The topological polar surface area (TPSA) is 79.9 Å². The first-order valence-electron chi connectivity index (χ1n) is 7.60.